The highest BCUT2D eigenvalue weighted by atomic mass is 32.1. The lowest BCUT2D eigenvalue weighted by Crippen LogP contribution is -2.12. The largest absolute Gasteiger partial charge is 0.321 e. The van der Waals surface area contributed by atoms with Crippen LogP contribution in [-0.2, 0) is 4.79 Å². The van der Waals surface area contributed by atoms with Gasteiger partial charge in [-0.05, 0) is 66.6 Å². The molecule has 1 fully saturated rings. The molecule has 4 nitrogen and oxygen atoms in total. The van der Waals surface area contributed by atoms with E-state index in [0.29, 0.717) is 4.88 Å². The molecule has 0 radical (unpaired) electrons. The summed E-state index contributed by atoms with van der Waals surface area (Å²) >= 11 is 2.99. The zero-order valence-electron chi connectivity index (χ0n) is 14.2. The number of anilines is 2. The highest BCUT2D eigenvalue weighted by molar-refractivity contribution is 7.18. The molecule has 2 N–H and O–H groups in total. The van der Waals surface area contributed by atoms with Gasteiger partial charge in [0.15, 0.2) is 0 Å². The van der Waals surface area contributed by atoms with Crippen molar-refractivity contribution in [2.24, 2.45) is 5.92 Å². The van der Waals surface area contributed by atoms with E-state index in [4.69, 9.17) is 0 Å². The molecule has 0 bridgehead atoms. The fourth-order valence-electron chi connectivity index (χ4n) is 2.70. The molecule has 6 heteroatoms. The Kier molecular flexibility index (Phi) is 4.61. The van der Waals surface area contributed by atoms with Crippen molar-refractivity contribution in [1.82, 2.24) is 0 Å². The van der Waals surface area contributed by atoms with Crippen LogP contribution >= 0.6 is 22.7 Å². The molecule has 1 aromatic carbocycles. The van der Waals surface area contributed by atoms with Crippen molar-refractivity contribution >= 4 is 45.2 Å². The predicted octanol–water partition coefficient (Wildman–Crippen LogP) is 5.39. The van der Waals surface area contributed by atoms with Gasteiger partial charge in [0.1, 0.15) is 0 Å². The number of hydrogen-bond donors (Lipinski definition) is 2. The number of benzene rings is 1. The van der Waals surface area contributed by atoms with Crippen LogP contribution < -0.4 is 10.6 Å². The zero-order chi connectivity index (χ0) is 18.1. The minimum absolute atomic E-state index is 0.0535. The van der Waals surface area contributed by atoms with Gasteiger partial charge in [-0.2, -0.15) is 0 Å². The normalized spacial score (nSPS) is 13.4. The van der Waals surface area contributed by atoms with Crippen LogP contribution in [0.1, 0.15) is 28.1 Å². The van der Waals surface area contributed by atoms with Crippen molar-refractivity contribution < 1.29 is 9.59 Å². The standard InChI is InChI=1S/C20H18N2O2S2/c1-12-9-10-25-18(12)14-3-2-4-15(11-14)21-20(24)16-7-8-17(26-16)22-19(23)13-5-6-13/h2-4,7-11,13H,5-6H2,1H3,(H,21,24)(H,22,23). The Morgan fingerprint density at radius 1 is 1.08 bits per heavy atom. The van der Waals surface area contributed by atoms with Crippen LogP contribution in [-0.4, -0.2) is 11.8 Å². The Balaban J connectivity index is 1.46. The molecule has 2 aromatic heterocycles. The molecule has 1 saturated carbocycles. The average molecular weight is 383 g/mol. The second-order valence-corrected chi connectivity index (χ2v) is 8.39. The minimum Gasteiger partial charge on any atom is -0.321 e. The van der Waals surface area contributed by atoms with Gasteiger partial charge < -0.3 is 10.6 Å². The second-order valence-electron chi connectivity index (χ2n) is 6.40. The number of aryl methyl sites for hydroxylation is 1. The molecule has 2 amide bonds. The minimum atomic E-state index is -0.165. The average Bonchev–Trinajstić information content (AvgIpc) is 3.24. The molecule has 0 spiro atoms. The van der Waals surface area contributed by atoms with Crippen molar-refractivity contribution in [3.05, 3.63) is 58.3 Å². The van der Waals surface area contributed by atoms with Crippen molar-refractivity contribution in [3.63, 3.8) is 0 Å². The summed E-state index contributed by atoms with van der Waals surface area (Å²) < 4.78 is 0. The van der Waals surface area contributed by atoms with Gasteiger partial charge in [0, 0.05) is 16.5 Å². The summed E-state index contributed by atoms with van der Waals surface area (Å²) in [4.78, 5) is 26.1. The molecule has 2 heterocycles. The second kappa shape index (κ2) is 7.05. The molecular formula is C20H18N2O2S2. The van der Waals surface area contributed by atoms with E-state index in [2.05, 4.69) is 29.0 Å². The Labute approximate surface area is 159 Å². The van der Waals surface area contributed by atoms with E-state index in [1.807, 2.05) is 24.3 Å². The lowest BCUT2D eigenvalue weighted by atomic mass is 10.1. The van der Waals surface area contributed by atoms with E-state index in [-0.39, 0.29) is 17.7 Å². The van der Waals surface area contributed by atoms with Crippen molar-refractivity contribution in [3.8, 4) is 10.4 Å². The Hall–Kier alpha value is -2.44. The highest BCUT2D eigenvalue weighted by Gasteiger charge is 2.29. The maximum absolute atomic E-state index is 12.5. The first-order valence-electron chi connectivity index (χ1n) is 8.47. The summed E-state index contributed by atoms with van der Waals surface area (Å²) in [6.07, 6.45) is 1.93. The van der Waals surface area contributed by atoms with E-state index >= 15 is 0 Å². The summed E-state index contributed by atoms with van der Waals surface area (Å²) in [5, 5.41) is 8.61. The molecular weight excluding hydrogens is 364 g/mol. The number of carbonyl (C=O) groups excluding carboxylic acids is 2. The SMILES string of the molecule is Cc1ccsc1-c1cccc(NC(=O)c2ccc(NC(=O)C3CC3)s2)c1. The van der Waals surface area contributed by atoms with Gasteiger partial charge in [-0.25, -0.2) is 0 Å². The summed E-state index contributed by atoms with van der Waals surface area (Å²) in [6, 6.07) is 13.5. The van der Waals surface area contributed by atoms with Gasteiger partial charge in [-0.15, -0.1) is 22.7 Å². The Morgan fingerprint density at radius 3 is 2.65 bits per heavy atom. The summed E-state index contributed by atoms with van der Waals surface area (Å²) in [6.45, 7) is 2.08. The molecule has 132 valence electrons. The molecule has 0 unspecified atom stereocenters. The summed E-state index contributed by atoms with van der Waals surface area (Å²) in [7, 11) is 0. The van der Waals surface area contributed by atoms with E-state index in [0.717, 1.165) is 29.1 Å². The molecule has 0 aliphatic heterocycles. The van der Waals surface area contributed by atoms with Crippen molar-refractivity contribution in [2.75, 3.05) is 10.6 Å². The number of carbonyl (C=O) groups is 2. The first-order chi connectivity index (χ1) is 12.6. The fourth-order valence-corrected chi connectivity index (χ4v) is 4.43. The van der Waals surface area contributed by atoms with Crippen molar-refractivity contribution in [1.29, 1.82) is 0 Å². The van der Waals surface area contributed by atoms with Crippen LogP contribution in [0.5, 0.6) is 0 Å². The smallest absolute Gasteiger partial charge is 0.265 e. The lowest BCUT2D eigenvalue weighted by Gasteiger charge is -2.06. The molecule has 1 aliphatic rings. The van der Waals surface area contributed by atoms with Crippen LogP contribution in [0.4, 0.5) is 10.7 Å². The third-order valence-corrected chi connectivity index (χ3v) is 6.33. The van der Waals surface area contributed by atoms with E-state index in [9.17, 15) is 9.59 Å². The van der Waals surface area contributed by atoms with Gasteiger partial charge in [0.05, 0.1) is 9.88 Å². The first-order valence-corrected chi connectivity index (χ1v) is 10.2. The number of amides is 2. The molecule has 26 heavy (non-hydrogen) atoms. The van der Waals surface area contributed by atoms with E-state index < -0.39 is 0 Å². The molecule has 0 atom stereocenters. The number of nitrogens with one attached hydrogen (secondary N) is 2. The maximum Gasteiger partial charge on any atom is 0.265 e. The Morgan fingerprint density at radius 2 is 1.92 bits per heavy atom. The maximum atomic E-state index is 12.5. The predicted molar refractivity (Wildman–Crippen MR) is 108 cm³/mol. The highest BCUT2D eigenvalue weighted by Crippen LogP contribution is 2.32. The summed E-state index contributed by atoms with van der Waals surface area (Å²) in [5.41, 5.74) is 3.09. The third kappa shape index (κ3) is 3.71. The molecule has 0 saturated heterocycles. The quantitative estimate of drug-likeness (QED) is 0.622. The van der Waals surface area contributed by atoms with Crippen LogP contribution in [0.15, 0.2) is 47.8 Å². The Bertz CT molecular complexity index is 970. The van der Waals surface area contributed by atoms with Gasteiger partial charge in [0.25, 0.3) is 5.91 Å². The fraction of sp³-hybridized carbons (Fsp3) is 0.200. The van der Waals surface area contributed by atoms with Gasteiger partial charge in [0.2, 0.25) is 5.91 Å². The van der Waals surface area contributed by atoms with Gasteiger partial charge >= 0.3 is 0 Å². The first kappa shape index (κ1) is 17.0. The number of thiophene rings is 2. The summed E-state index contributed by atoms with van der Waals surface area (Å²) in [5.74, 6) is 0.0395. The topological polar surface area (TPSA) is 58.2 Å². The van der Waals surface area contributed by atoms with Crippen LogP contribution in [0.2, 0.25) is 0 Å². The van der Waals surface area contributed by atoms with Crippen LogP contribution in [0.25, 0.3) is 10.4 Å². The number of rotatable bonds is 5. The lowest BCUT2D eigenvalue weighted by molar-refractivity contribution is -0.117. The van der Waals surface area contributed by atoms with Crippen LogP contribution in [0.3, 0.4) is 0 Å². The molecule has 3 aromatic rings. The van der Waals surface area contributed by atoms with Crippen molar-refractivity contribution in [2.45, 2.75) is 19.8 Å². The van der Waals surface area contributed by atoms with Gasteiger partial charge in [-0.3, -0.25) is 9.59 Å². The number of hydrogen-bond acceptors (Lipinski definition) is 4. The van der Waals surface area contributed by atoms with Crippen LogP contribution in [0, 0.1) is 12.8 Å². The third-order valence-electron chi connectivity index (χ3n) is 4.27. The van der Waals surface area contributed by atoms with E-state index in [1.54, 1.807) is 23.5 Å². The zero-order valence-corrected chi connectivity index (χ0v) is 15.9. The molecule has 1 aliphatic carbocycles. The van der Waals surface area contributed by atoms with Gasteiger partial charge in [-0.1, -0.05) is 12.1 Å². The monoisotopic (exact) mass is 382 g/mol. The molecule has 4 rings (SSSR count). The van der Waals surface area contributed by atoms with E-state index in [1.165, 1.54) is 21.8 Å².